The number of fused-ring (bicyclic) bond motifs is 1. The fraction of sp³-hybridized carbons (Fsp3) is 0.300. The number of carbonyl (C=O) groups is 1. The van der Waals surface area contributed by atoms with E-state index in [0.29, 0.717) is 5.65 Å². The SMILES string of the molecule is CC(C)c1nc2cnc(C(=O)O)cn2c1Br. The van der Waals surface area contributed by atoms with Crippen molar-refractivity contribution < 1.29 is 9.90 Å². The molecule has 2 aromatic rings. The van der Waals surface area contributed by atoms with Crippen LogP contribution in [0.4, 0.5) is 0 Å². The summed E-state index contributed by atoms with van der Waals surface area (Å²) < 4.78 is 2.47. The zero-order chi connectivity index (χ0) is 11.9. The zero-order valence-corrected chi connectivity index (χ0v) is 10.4. The molecule has 0 saturated carbocycles. The van der Waals surface area contributed by atoms with Crippen LogP contribution < -0.4 is 0 Å². The topological polar surface area (TPSA) is 67.5 Å². The third-order valence-corrected chi connectivity index (χ3v) is 3.03. The van der Waals surface area contributed by atoms with Crippen LogP contribution in [0.5, 0.6) is 0 Å². The third-order valence-electron chi connectivity index (χ3n) is 2.24. The van der Waals surface area contributed by atoms with E-state index in [9.17, 15) is 4.79 Å². The van der Waals surface area contributed by atoms with Crippen LogP contribution in [0.15, 0.2) is 17.0 Å². The summed E-state index contributed by atoms with van der Waals surface area (Å²) in [5.74, 6) is -0.781. The van der Waals surface area contributed by atoms with Crippen molar-refractivity contribution in [3.05, 3.63) is 28.4 Å². The molecular weight excluding hydrogens is 274 g/mol. The molecule has 0 bridgehead atoms. The predicted octanol–water partition coefficient (Wildman–Crippen LogP) is 2.31. The highest BCUT2D eigenvalue weighted by molar-refractivity contribution is 9.10. The standard InChI is InChI=1S/C10H10BrN3O2/c1-5(2)8-9(11)14-4-6(10(15)16)12-3-7(14)13-8/h3-5H,1-2H3,(H,15,16). The van der Waals surface area contributed by atoms with E-state index in [4.69, 9.17) is 5.11 Å². The van der Waals surface area contributed by atoms with Gasteiger partial charge in [0.1, 0.15) is 4.60 Å². The molecule has 2 aromatic heterocycles. The van der Waals surface area contributed by atoms with Crippen LogP contribution in [0.1, 0.15) is 35.9 Å². The van der Waals surface area contributed by atoms with Gasteiger partial charge in [-0.2, -0.15) is 0 Å². The Labute approximate surface area is 100 Å². The van der Waals surface area contributed by atoms with E-state index in [1.165, 1.54) is 12.4 Å². The average Bonchev–Trinajstić information content (AvgIpc) is 2.56. The molecule has 0 aliphatic rings. The number of nitrogens with zero attached hydrogens (tertiary/aromatic N) is 3. The summed E-state index contributed by atoms with van der Waals surface area (Å²) >= 11 is 3.42. The first-order valence-electron chi connectivity index (χ1n) is 4.77. The maximum atomic E-state index is 10.8. The van der Waals surface area contributed by atoms with Gasteiger partial charge in [-0.3, -0.25) is 4.40 Å². The van der Waals surface area contributed by atoms with Crippen LogP contribution in [-0.4, -0.2) is 25.4 Å². The first-order valence-corrected chi connectivity index (χ1v) is 5.56. The Balaban J connectivity index is 2.69. The van der Waals surface area contributed by atoms with Crippen molar-refractivity contribution >= 4 is 27.5 Å². The minimum Gasteiger partial charge on any atom is -0.476 e. The number of carboxylic acids is 1. The lowest BCUT2D eigenvalue weighted by Gasteiger charge is -2.00. The van der Waals surface area contributed by atoms with Crippen LogP contribution in [-0.2, 0) is 0 Å². The molecule has 0 aliphatic heterocycles. The molecule has 0 radical (unpaired) electrons. The second-order valence-electron chi connectivity index (χ2n) is 3.75. The number of carboxylic acid groups (broad SMARTS) is 1. The van der Waals surface area contributed by atoms with Gasteiger partial charge in [-0.05, 0) is 21.8 Å². The van der Waals surface area contributed by atoms with Crippen LogP contribution in [0.25, 0.3) is 5.65 Å². The normalized spacial score (nSPS) is 11.2. The van der Waals surface area contributed by atoms with Gasteiger partial charge in [0, 0.05) is 6.20 Å². The van der Waals surface area contributed by atoms with Gasteiger partial charge in [0.25, 0.3) is 0 Å². The van der Waals surface area contributed by atoms with E-state index in [1.807, 2.05) is 13.8 Å². The number of hydrogen-bond acceptors (Lipinski definition) is 3. The number of halogens is 1. The number of hydrogen-bond donors (Lipinski definition) is 1. The Morgan fingerprint density at radius 3 is 2.81 bits per heavy atom. The van der Waals surface area contributed by atoms with Gasteiger partial charge in [-0.15, -0.1) is 0 Å². The van der Waals surface area contributed by atoms with Crippen LogP contribution in [0.2, 0.25) is 0 Å². The highest BCUT2D eigenvalue weighted by Gasteiger charge is 2.14. The fourth-order valence-corrected chi connectivity index (χ4v) is 2.25. The second-order valence-corrected chi connectivity index (χ2v) is 4.50. The minimum atomic E-state index is -1.05. The Morgan fingerprint density at radius 1 is 1.56 bits per heavy atom. The Hall–Kier alpha value is -1.43. The molecule has 0 unspecified atom stereocenters. The summed E-state index contributed by atoms with van der Waals surface area (Å²) in [6.45, 7) is 4.05. The van der Waals surface area contributed by atoms with Crippen molar-refractivity contribution in [2.75, 3.05) is 0 Å². The van der Waals surface area contributed by atoms with Gasteiger partial charge in [0.05, 0.1) is 11.9 Å². The van der Waals surface area contributed by atoms with Crippen molar-refractivity contribution in [2.24, 2.45) is 0 Å². The van der Waals surface area contributed by atoms with Crippen molar-refractivity contribution in [3.63, 3.8) is 0 Å². The maximum Gasteiger partial charge on any atom is 0.356 e. The zero-order valence-electron chi connectivity index (χ0n) is 8.81. The summed E-state index contributed by atoms with van der Waals surface area (Å²) in [6, 6.07) is 0. The molecule has 1 N–H and O–H groups in total. The van der Waals surface area contributed by atoms with E-state index in [0.717, 1.165) is 10.3 Å². The molecule has 0 amide bonds. The molecule has 6 heteroatoms. The van der Waals surface area contributed by atoms with Crippen molar-refractivity contribution in [1.82, 2.24) is 14.4 Å². The van der Waals surface area contributed by atoms with E-state index in [-0.39, 0.29) is 11.6 Å². The Kier molecular flexibility index (Phi) is 2.67. The van der Waals surface area contributed by atoms with Crippen molar-refractivity contribution in [3.8, 4) is 0 Å². The van der Waals surface area contributed by atoms with Crippen LogP contribution >= 0.6 is 15.9 Å². The molecule has 84 valence electrons. The summed E-state index contributed by atoms with van der Waals surface area (Å²) in [5.41, 5.74) is 1.53. The number of aromatic carboxylic acids is 1. The molecule has 0 aliphatic carbocycles. The Bertz CT molecular complexity index is 562. The van der Waals surface area contributed by atoms with Gasteiger partial charge < -0.3 is 5.11 Å². The summed E-state index contributed by atoms with van der Waals surface area (Å²) in [4.78, 5) is 19.0. The Morgan fingerprint density at radius 2 is 2.25 bits per heavy atom. The molecule has 0 aromatic carbocycles. The number of rotatable bonds is 2. The maximum absolute atomic E-state index is 10.8. The summed E-state index contributed by atoms with van der Waals surface area (Å²) in [5, 5.41) is 8.84. The molecule has 5 nitrogen and oxygen atoms in total. The van der Waals surface area contributed by atoms with E-state index < -0.39 is 5.97 Å². The third kappa shape index (κ3) is 1.69. The molecule has 0 spiro atoms. The minimum absolute atomic E-state index is 0.000839. The first kappa shape index (κ1) is 11.1. The van der Waals surface area contributed by atoms with Crippen LogP contribution in [0.3, 0.4) is 0 Å². The smallest absolute Gasteiger partial charge is 0.356 e. The molecular formula is C10H10BrN3O2. The van der Waals surface area contributed by atoms with Gasteiger partial charge >= 0.3 is 5.97 Å². The lowest BCUT2D eigenvalue weighted by molar-refractivity contribution is 0.0690. The highest BCUT2D eigenvalue weighted by atomic mass is 79.9. The lowest BCUT2D eigenvalue weighted by atomic mass is 10.2. The lowest BCUT2D eigenvalue weighted by Crippen LogP contribution is -2.02. The van der Waals surface area contributed by atoms with Crippen molar-refractivity contribution in [2.45, 2.75) is 19.8 Å². The van der Waals surface area contributed by atoms with E-state index in [1.54, 1.807) is 4.40 Å². The molecule has 2 rings (SSSR count). The molecule has 0 atom stereocenters. The van der Waals surface area contributed by atoms with Gasteiger partial charge in [0.15, 0.2) is 11.3 Å². The molecule has 2 heterocycles. The quantitative estimate of drug-likeness (QED) is 0.918. The van der Waals surface area contributed by atoms with Gasteiger partial charge in [-0.1, -0.05) is 13.8 Å². The van der Waals surface area contributed by atoms with E-state index >= 15 is 0 Å². The van der Waals surface area contributed by atoms with Gasteiger partial charge in [0.2, 0.25) is 0 Å². The van der Waals surface area contributed by atoms with Gasteiger partial charge in [-0.25, -0.2) is 14.8 Å². The first-order chi connectivity index (χ1) is 7.50. The molecule has 0 saturated heterocycles. The van der Waals surface area contributed by atoms with Crippen molar-refractivity contribution in [1.29, 1.82) is 0 Å². The summed E-state index contributed by atoms with van der Waals surface area (Å²) in [7, 11) is 0. The summed E-state index contributed by atoms with van der Waals surface area (Å²) in [6.07, 6.45) is 2.92. The fourth-order valence-electron chi connectivity index (χ4n) is 1.42. The van der Waals surface area contributed by atoms with Crippen LogP contribution in [0, 0.1) is 0 Å². The van der Waals surface area contributed by atoms with E-state index in [2.05, 4.69) is 25.9 Å². The number of imidazole rings is 1. The molecule has 16 heavy (non-hydrogen) atoms. The largest absolute Gasteiger partial charge is 0.476 e. The predicted molar refractivity (Wildman–Crippen MR) is 61.7 cm³/mol. The monoisotopic (exact) mass is 283 g/mol. The average molecular weight is 284 g/mol. The second kappa shape index (κ2) is 3.86. The highest BCUT2D eigenvalue weighted by Crippen LogP contribution is 2.25. The molecule has 0 fully saturated rings. The number of aromatic nitrogens is 3.